The van der Waals surface area contributed by atoms with Crippen molar-refractivity contribution < 1.29 is 4.79 Å². The van der Waals surface area contributed by atoms with Crippen LogP contribution in [0.3, 0.4) is 0 Å². The van der Waals surface area contributed by atoms with Gasteiger partial charge in [-0.3, -0.25) is 15.2 Å². The molecular formula is C22H24N4OS. The number of nitrogens with zero attached hydrogens (tertiary/aromatic N) is 1. The van der Waals surface area contributed by atoms with Gasteiger partial charge in [-0.25, -0.2) is 0 Å². The number of nitrogens with one attached hydrogen (secondary N) is 2. The van der Waals surface area contributed by atoms with Crippen LogP contribution in [0, 0.1) is 5.41 Å². The van der Waals surface area contributed by atoms with Crippen molar-refractivity contribution in [2.75, 3.05) is 11.1 Å². The Morgan fingerprint density at radius 2 is 2.07 bits per heavy atom. The van der Waals surface area contributed by atoms with Crippen molar-refractivity contribution >= 4 is 40.3 Å². The van der Waals surface area contributed by atoms with Crippen LogP contribution in [0.2, 0.25) is 0 Å². The van der Waals surface area contributed by atoms with E-state index in [1.54, 1.807) is 11.8 Å². The number of hydrogen-bond donors (Lipinski definition) is 3. The maximum Gasteiger partial charge on any atom is 0.248 e. The molecule has 2 aromatic rings. The second kappa shape index (κ2) is 8.89. The van der Waals surface area contributed by atoms with Crippen LogP contribution in [0.15, 0.2) is 65.7 Å². The average Bonchev–Trinajstić information content (AvgIpc) is 2.67. The summed E-state index contributed by atoms with van der Waals surface area (Å²) >= 11 is 1.67. The molecule has 6 heteroatoms. The van der Waals surface area contributed by atoms with Crippen LogP contribution in [0.4, 0.5) is 5.69 Å². The number of thioether (sulfide) groups is 1. The number of para-hydroxylation sites is 1. The molecule has 0 bridgehead atoms. The smallest absolute Gasteiger partial charge is 0.248 e. The minimum Gasteiger partial charge on any atom is -0.387 e. The third-order valence-corrected chi connectivity index (χ3v) is 5.52. The van der Waals surface area contributed by atoms with Gasteiger partial charge >= 0.3 is 0 Å². The summed E-state index contributed by atoms with van der Waals surface area (Å²) in [5.74, 6) is 0.914. The Morgan fingerprint density at radius 1 is 1.29 bits per heavy atom. The fraction of sp³-hybridized carbons (Fsp3) is 0.227. The van der Waals surface area contributed by atoms with Gasteiger partial charge in [0, 0.05) is 17.5 Å². The van der Waals surface area contributed by atoms with Crippen LogP contribution in [-0.2, 0) is 10.3 Å². The summed E-state index contributed by atoms with van der Waals surface area (Å²) in [5, 5.41) is 11.3. The summed E-state index contributed by atoms with van der Waals surface area (Å²) in [7, 11) is 0. The second-order valence-corrected chi connectivity index (χ2v) is 8.06. The largest absolute Gasteiger partial charge is 0.387 e. The van der Waals surface area contributed by atoms with E-state index < -0.39 is 0 Å². The highest BCUT2D eigenvalue weighted by Crippen LogP contribution is 2.36. The van der Waals surface area contributed by atoms with Crippen molar-refractivity contribution in [3.63, 3.8) is 0 Å². The molecule has 0 spiro atoms. The number of nitrogens with two attached hydrogens (primary N) is 1. The number of carbonyl (C=O) groups excluding carboxylic acids is 1. The minimum absolute atomic E-state index is 0.136. The van der Waals surface area contributed by atoms with E-state index >= 15 is 0 Å². The van der Waals surface area contributed by atoms with Gasteiger partial charge in [-0.1, -0.05) is 36.4 Å². The van der Waals surface area contributed by atoms with Crippen molar-refractivity contribution in [3.8, 4) is 0 Å². The third kappa shape index (κ3) is 5.33. The number of benzene rings is 2. The SMILES string of the molecule is CC1(c2cccc(/C=C/C(=O)Nc3ccccc3)c2)CCSC(CC(=N)N)=N1. The average molecular weight is 393 g/mol. The molecule has 1 aliphatic heterocycles. The molecule has 1 heterocycles. The van der Waals surface area contributed by atoms with Gasteiger partial charge in [0.05, 0.1) is 22.8 Å². The molecular weight excluding hydrogens is 368 g/mol. The summed E-state index contributed by atoms with van der Waals surface area (Å²) in [4.78, 5) is 17.0. The van der Waals surface area contributed by atoms with Crippen molar-refractivity contribution in [3.05, 3.63) is 71.8 Å². The summed E-state index contributed by atoms with van der Waals surface area (Å²) < 4.78 is 0. The summed E-state index contributed by atoms with van der Waals surface area (Å²) in [6.45, 7) is 2.11. The second-order valence-electron chi connectivity index (χ2n) is 6.89. The van der Waals surface area contributed by atoms with Crippen molar-refractivity contribution in [2.24, 2.45) is 10.7 Å². The minimum atomic E-state index is -0.341. The van der Waals surface area contributed by atoms with Crippen LogP contribution in [0.1, 0.15) is 30.9 Å². The van der Waals surface area contributed by atoms with Crippen molar-refractivity contribution in [2.45, 2.75) is 25.3 Å². The fourth-order valence-corrected chi connectivity index (χ4v) is 4.31. The van der Waals surface area contributed by atoms with Gasteiger partial charge in [-0.05, 0) is 48.7 Å². The molecule has 0 saturated heterocycles. The molecule has 5 nitrogen and oxygen atoms in total. The van der Waals surface area contributed by atoms with Crippen LogP contribution >= 0.6 is 11.8 Å². The highest BCUT2D eigenvalue weighted by Gasteiger charge is 2.30. The third-order valence-electron chi connectivity index (χ3n) is 4.55. The zero-order valence-electron chi connectivity index (χ0n) is 15.8. The quantitative estimate of drug-likeness (QED) is 0.386. The number of amidine groups is 1. The van der Waals surface area contributed by atoms with Gasteiger partial charge < -0.3 is 11.1 Å². The number of aliphatic imine (C=N–C) groups is 1. The van der Waals surface area contributed by atoms with E-state index in [0.717, 1.165) is 34.0 Å². The Bertz CT molecular complexity index is 923. The van der Waals surface area contributed by atoms with Gasteiger partial charge in [0.1, 0.15) is 0 Å². The highest BCUT2D eigenvalue weighted by atomic mass is 32.2. The van der Waals surface area contributed by atoms with Crippen LogP contribution in [0.25, 0.3) is 6.08 Å². The number of carbonyl (C=O) groups is 1. The number of hydrogen-bond acceptors (Lipinski definition) is 4. The van der Waals surface area contributed by atoms with Crippen molar-refractivity contribution in [1.82, 2.24) is 0 Å². The van der Waals surface area contributed by atoms with Crippen molar-refractivity contribution in [1.29, 1.82) is 5.41 Å². The number of amides is 1. The topological polar surface area (TPSA) is 91.3 Å². The van der Waals surface area contributed by atoms with Gasteiger partial charge in [-0.2, -0.15) is 0 Å². The van der Waals surface area contributed by atoms with Crippen LogP contribution in [0.5, 0.6) is 0 Å². The lowest BCUT2D eigenvalue weighted by molar-refractivity contribution is -0.111. The zero-order chi connectivity index (χ0) is 20.0. The molecule has 0 saturated carbocycles. The van der Waals surface area contributed by atoms with E-state index in [-0.39, 0.29) is 17.3 Å². The first-order chi connectivity index (χ1) is 13.4. The van der Waals surface area contributed by atoms with E-state index in [1.165, 1.54) is 6.08 Å². The van der Waals surface area contributed by atoms with E-state index in [1.807, 2.05) is 48.5 Å². The van der Waals surface area contributed by atoms with E-state index in [4.69, 9.17) is 16.1 Å². The normalized spacial score (nSPS) is 19.2. The first kappa shape index (κ1) is 19.9. The van der Waals surface area contributed by atoms with E-state index in [0.29, 0.717) is 6.42 Å². The molecule has 1 unspecified atom stereocenters. The Labute approximate surface area is 169 Å². The Kier molecular flexibility index (Phi) is 6.31. The first-order valence-electron chi connectivity index (χ1n) is 9.14. The fourth-order valence-electron chi connectivity index (χ4n) is 3.05. The summed E-state index contributed by atoms with van der Waals surface area (Å²) in [6.07, 6.45) is 4.67. The molecule has 144 valence electrons. The summed E-state index contributed by atoms with van der Waals surface area (Å²) in [5.41, 5.74) is 8.01. The maximum atomic E-state index is 12.1. The lowest BCUT2D eigenvalue weighted by atomic mass is 9.88. The molecule has 1 atom stereocenters. The van der Waals surface area contributed by atoms with Gasteiger partial charge in [0.15, 0.2) is 0 Å². The monoisotopic (exact) mass is 392 g/mol. The molecule has 28 heavy (non-hydrogen) atoms. The molecule has 0 fully saturated rings. The molecule has 1 amide bonds. The van der Waals surface area contributed by atoms with Crippen LogP contribution < -0.4 is 11.1 Å². The lowest BCUT2D eigenvalue weighted by Gasteiger charge is -2.31. The summed E-state index contributed by atoms with van der Waals surface area (Å²) in [6, 6.07) is 17.5. The maximum absolute atomic E-state index is 12.1. The first-order valence-corrected chi connectivity index (χ1v) is 10.1. The molecule has 3 rings (SSSR count). The molecule has 4 N–H and O–H groups in total. The van der Waals surface area contributed by atoms with Gasteiger partial charge in [0.2, 0.25) is 5.91 Å². The Balaban J connectivity index is 1.74. The predicted molar refractivity (Wildman–Crippen MR) is 119 cm³/mol. The van der Waals surface area contributed by atoms with E-state index in [9.17, 15) is 4.79 Å². The molecule has 0 radical (unpaired) electrons. The zero-order valence-corrected chi connectivity index (χ0v) is 16.6. The Morgan fingerprint density at radius 3 is 2.82 bits per heavy atom. The molecule has 1 aliphatic rings. The molecule has 2 aromatic carbocycles. The predicted octanol–water partition coefficient (Wildman–Crippen LogP) is 4.42. The van der Waals surface area contributed by atoms with Crippen LogP contribution in [-0.4, -0.2) is 22.5 Å². The molecule has 0 aromatic heterocycles. The lowest BCUT2D eigenvalue weighted by Crippen LogP contribution is -2.27. The van der Waals surface area contributed by atoms with Gasteiger partial charge in [-0.15, -0.1) is 11.8 Å². The standard InChI is InChI=1S/C22H24N4OS/c1-22(12-13-28-21(26-22)15-19(23)24)17-7-5-6-16(14-17)10-11-20(27)25-18-8-3-2-4-9-18/h2-11,14H,12-13,15H2,1H3,(H3,23,24)(H,25,27)/b11-10+. The van der Waals surface area contributed by atoms with E-state index in [2.05, 4.69) is 24.4 Å². The number of rotatable bonds is 6. The number of anilines is 1. The Hall–Kier alpha value is -2.86. The molecule has 0 aliphatic carbocycles. The highest BCUT2D eigenvalue weighted by molar-refractivity contribution is 8.14. The van der Waals surface area contributed by atoms with Gasteiger partial charge in [0.25, 0.3) is 0 Å².